The molecule has 1 aliphatic rings. The van der Waals surface area contributed by atoms with E-state index in [2.05, 4.69) is 27.0 Å². The minimum atomic E-state index is -0.0805. The van der Waals surface area contributed by atoms with Crippen LogP contribution in [0.1, 0.15) is 56.0 Å². The van der Waals surface area contributed by atoms with Gasteiger partial charge in [0.2, 0.25) is 5.82 Å². The highest BCUT2D eigenvalue weighted by atomic mass is 16.2. The van der Waals surface area contributed by atoms with Gasteiger partial charge in [-0.25, -0.2) is 4.98 Å². The number of nitrogens with zero attached hydrogens (tertiary/aromatic N) is 4. The fourth-order valence-corrected chi connectivity index (χ4v) is 2.57. The van der Waals surface area contributed by atoms with Crippen LogP contribution in [0.5, 0.6) is 0 Å². The number of aromatic nitrogens is 3. The highest BCUT2D eigenvalue weighted by molar-refractivity contribution is 5.90. The number of amides is 1. The second-order valence-corrected chi connectivity index (χ2v) is 5.78. The van der Waals surface area contributed by atoms with Gasteiger partial charge in [-0.1, -0.05) is 20.8 Å². The quantitative estimate of drug-likeness (QED) is 0.907. The molecule has 0 aromatic carbocycles. The standard InChI is InChI=1S/C14H25N5O/c1-5-19-8-6-11(7-9-19)18(4)14(20)13-15-12(10(2)3)16-17-13/h10-11H,5-9H2,1-4H3,(H,15,16,17). The van der Waals surface area contributed by atoms with Crippen LogP contribution >= 0.6 is 0 Å². The molecule has 6 nitrogen and oxygen atoms in total. The summed E-state index contributed by atoms with van der Waals surface area (Å²) < 4.78 is 0. The fraction of sp³-hybridized carbons (Fsp3) is 0.786. The zero-order valence-corrected chi connectivity index (χ0v) is 12.9. The largest absolute Gasteiger partial charge is 0.336 e. The topological polar surface area (TPSA) is 65.1 Å². The number of carbonyl (C=O) groups excluding carboxylic acids is 1. The van der Waals surface area contributed by atoms with Crippen molar-refractivity contribution in [3.05, 3.63) is 11.6 Å². The highest BCUT2D eigenvalue weighted by Gasteiger charge is 2.27. The number of hydrogen-bond donors (Lipinski definition) is 1. The summed E-state index contributed by atoms with van der Waals surface area (Å²) in [5, 5.41) is 6.89. The van der Waals surface area contributed by atoms with Gasteiger partial charge < -0.3 is 9.80 Å². The molecule has 0 saturated carbocycles. The molecule has 0 unspecified atom stereocenters. The van der Waals surface area contributed by atoms with Crippen LogP contribution in [0.25, 0.3) is 0 Å². The van der Waals surface area contributed by atoms with Crippen molar-refractivity contribution in [3.8, 4) is 0 Å². The first kappa shape index (κ1) is 15.0. The van der Waals surface area contributed by atoms with Gasteiger partial charge in [-0.2, -0.15) is 0 Å². The monoisotopic (exact) mass is 279 g/mol. The summed E-state index contributed by atoms with van der Waals surface area (Å²) in [5.41, 5.74) is 0. The summed E-state index contributed by atoms with van der Waals surface area (Å²) in [6.45, 7) is 9.44. The fourth-order valence-electron chi connectivity index (χ4n) is 2.57. The predicted molar refractivity (Wildman–Crippen MR) is 77.7 cm³/mol. The third-order valence-electron chi connectivity index (χ3n) is 4.11. The number of hydrogen-bond acceptors (Lipinski definition) is 4. The Morgan fingerprint density at radius 3 is 2.60 bits per heavy atom. The summed E-state index contributed by atoms with van der Waals surface area (Å²) in [7, 11) is 1.86. The van der Waals surface area contributed by atoms with Gasteiger partial charge in [0.1, 0.15) is 5.82 Å². The van der Waals surface area contributed by atoms with Crippen molar-refractivity contribution in [3.63, 3.8) is 0 Å². The van der Waals surface area contributed by atoms with Crippen LogP contribution in [0, 0.1) is 0 Å². The zero-order chi connectivity index (χ0) is 14.7. The molecule has 2 rings (SSSR count). The maximum absolute atomic E-state index is 12.4. The van der Waals surface area contributed by atoms with Gasteiger partial charge in [0.15, 0.2) is 0 Å². The molecular formula is C14H25N5O. The van der Waals surface area contributed by atoms with Crippen LogP contribution in [0.4, 0.5) is 0 Å². The van der Waals surface area contributed by atoms with E-state index in [0.29, 0.717) is 6.04 Å². The number of nitrogens with one attached hydrogen (secondary N) is 1. The van der Waals surface area contributed by atoms with E-state index < -0.39 is 0 Å². The molecule has 1 amide bonds. The molecule has 6 heteroatoms. The number of H-pyrrole nitrogens is 1. The van der Waals surface area contributed by atoms with E-state index in [1.807, 2.05) is 20.9 Å². The molecule has 112 valence electrons. The molecule has 1 fully saturated rings. The minimum absolute atomic E-state index is 0.0805. The summed E-state index contributed by atoms with van der Waals surface area (Å²) in [6, 6.07) is 0.297. The van der Waals surface area contributed by atoms with Crippen molar-refractivity contribution in [1.29, 1.82) is 0 Å². The maximum Gasteiger partial charge on any atom is 0.293 e. The number of likely N-dealkylation sites (tertiary alicyclic amines) is 1. The number of rotatable bonds is 4. The second-order valence-electron chi connectivity index (χ2n) is 5.78. The minimum Gasteiger partial charge on any atom is -0.336 e. The average molecular weight is 279 g/mol. The van der Waals surface area contributed by atoms with Crippen LogP contribution < -0.4 is 0 Å². The first-order valence-corrected chi connectivity index (χ1v) is 7.44. The van der Waals surface area contributed by atoms with Crippen LogP contribution in [-0.4, -0.2) is 63.6 Å². The van der Waals surface area contributed by atoms with Gasteiger partial charge in [0.25, 0.3) is 5.91 Å². The first-order valence-electron chi connectivity index (χ1n) is 7.44. The summed E-state index contributed by atoms with van der Waals surface area (Å²) in [4.78, 5) is 20.9. The Morgan fingerprint density at radius 2 is 2.10 bits per heavy atom. The Morgan fingerprint density at radius 1 is 1.45 bits per heavy atom. The Bertz CT molecular complexity index is 448. The third-order valence-corrected chi connectivity index (χ3v) is 4.11. The van der Waals surface area contributed by atoms with Gasteiger partial charge in [0, 0.05) is 32.1 Å². The molecule has 0 atom stereocenters. The molecule has 1 aromatic heterocycles. The zero-order valence-electron chi connectivity index (χ0n) is 12.9. The summed E-state index contributed by atoms with van der Waals surface area (Å²) >= 11 is 0. The van der Waals surface area contributed by atoms with E-state index >= 15 is 0 Å². The van der Waals surface area contributed by atoms with Crippen molar-refractivity contribution < 1.29 is 4.79 Å². The lowest BCUT2D eigenvalue weighted by Crippen LogP contribution is -2.45. The molecule has 0 spiro atoms. The van der Waals surface area contributed by atoms with Crippen LogP contribution in [0.3, 0.4) is 0 Å². The molecule has 1 aromatic rings. The Balaban J connectivity index is 1.97. The lowest BCUT2D eigenvalue weighted by Gasteiger charge is -2.35. The molecule has 1 saturated heterocycles. The Hall–Kier alpha value is -1.43. The molecule has 1 N–H and O–H groups in total. The molecular weight excluding hydrogens is 254 g/mol. The molecule has 2 heterocycles. The number of carbonyl (C=O) groups is 1. The third kappa shape index (κ3) is 3.17. The van der Waals surface area contributed by atoms with Gasteiger partial charge in [0.05, 0.1) is 0 Å². The smallest absolute Gasteiger partial charge is 0.293 e. The number of aromatic amines is 1. The van der Waals surface area contributed by atoms with Gasteiger partial charge >= 0.3 is 0 Å². The van der Waals surface area contributed by atoms with E-state index in [1.165, 1.54) is 0 Å². The normalized spacial score (nSPS) is 17.6. The first-order chi connectivity index (χ1) is 9.52. The molecule has 20 heavy (non-hydrogen) atoms. The summed E-state index contributed by atoms with van der Waals surface area (Å²) in [5.74, 6) is 1.22. The van der Waals surface area contributed by atoms with Crippen molar-refractivity contribution in [2.24, 2.45) is 0 Å². The Kier molecular flexibility index (Phi) is 4.75. The SMILES string of the molecule is CCN1CCC(N(C)C(=O)c2n[nH]c(C(C)C)n2)CC1. The van der Waals surface area contributed by atoms with E-state index in [9.17, 15) is 4.79 Å². The van der Waals surface area contributed by atoms with Crippen molar-refractivity contribution >= 4 is 5.91 Å². The van der Waals surface area contributed by atoms with Crippen LogP contribution in [0.15, 0.2) is 0 Å². The second kappa shape index (κ2) is 6.35. The molecule has 0 aliphatic carbocycles. The van der Waals surface area contributed by atoms with E-state index in [-0.39, 0.29) is 17.6 Å². The van der Waals surface area contributed by atoms with Crippen molar-refractivity contribution in [2.45, 2.75) is 45.6 Å². The highest BCUT2D eigenvalue weighted by Crippen LogP contribution is 2.17. The van der Waals surface area contributed by atoms with Gasteiger partial charge in [-0.3, -0.25) is 9.89 Å². The van der Waals surface area contributed by atoms with Crippen molar-refractivity contribution in [2.75, 3.05) is 26.7 Å². The van der Waals surface area contributed by atoms with Gasteiger partial charge in [-0.15, -0.1) is 5.10 Å². The maximum atomic E-state index is 12.4. The van der Waals surface area contributed by atoms with Gasteiger partial charge in [-0.05, 0) is 19.4 Å². The lowest BCUT2D eigenvalue weighted by molar-refractivity contribution is 0.0635. The molecule has 0 radical (unpaired) electrons. The average Bonchev–Trinajstić information content (AvgIpc) is 2.96. The lowest BCUT2D eigenvalue weighted by atomic mass is 10.0. The van der Waals surface area contributed by atoms with E-state index in [4.69, 9.17) is 0 Å². The predicted octanol–water partition coefficient (Wildman–Crippen LogP) is 1.48. The van der Waals surface area contributed by atoms with E-state index in [0.717, 1.165) is 38.3 Å². The number of piperidine rings is 1. The molecule has 0 bridgehead atoms. The van der Waals surface area contributed by atoms with Crippen LogP contribution in [0.2, 0.25) is 0 Å². The van der Waals surface area contributed by atoms with Crippen LogP contribution in [-0.2, 0) is 0 Å². The Labute approximate surface area is 120 Å². The summed E-state index contributed by atoms with van der Waals surface area (Å²) in [6.07, 6.45) is 2.05. The molecule has 1 aliphatic heterocycles. The van der Waals surface area contributed by atoms with E-state index in [1.54, 1.807) is 4.90 Å². The van der Waals surface area contributed by atoms with Crippen molar-refractivity contribution in [1.82, 2.24) is 25.0 Å².